The van der Waals surface area contributed by atoms with E-state index in [1.165, 1.54) is 7.11 Å². The maximum atomic E-state index is 11.5. The standard InChI is InChI=1S/C13H16N2O3S/c1-9-3-5-10(6-4-9)14-13(19)15-11(16)7-8-12(17)18-2/h3-6H,7-8H2,1-2H3,(H2,14,15,16,19). The molecule has 6 heteroatoms. The number of nitrogens with one attached hydrogen (secondary N) is 2. The van der Waals surface area contributed by atoms with Crippen molar-refractivity contribution in [2.75, 3.05) is 12.4 Å². The molecule has 1 aromatic rings. The molecule has 0 aliphatic heterocycles. The molecule has 102 valence electrons. The van der Waals surface area contributed by atoms with Gasteiger partial charge in [0.2, 0.25) is 5.91 Å². The molecule has 0 aliphatic carbocycles. The Morgan fingerprint density at radius 2 is 1.84 bits per heavy atom. The Labute approximate surface area is 117 Å². The Bertz CT molecular complexity index is 471. The average Bonchev–Trinajstić information content (AvgIpc) is 2.38. The van der Waals surface area contributed by atoms with Gasteiger partial charge in [0.25, 0.3) is 0 Å². The number of hydrogen-bond donors (Lipinski definition) is 2. The van der Waals surface area contributed by atoms with Crippen LogP contribution in [0.2, 0.25) is 0 Å². The number of carbonyl (C=O) groups excluding carboxylic acids is 2. The summed E-state index contributed by atoms with van der Waals surface area (Å²) in [5.74, 6) is -0.748. The number of hydrogen-bond acceptors (Lipinski definition) is 4. The van der Waals surface area contributed by atoms with E-state index in [4.69, 9.17) is 12.2 Å². The highest BCUT2D eigenvalue weighted by molar-refractivity contribution is 7.80. The molecule has 0 atom stereocenters. The summed E-state index contributed by atoms with van der Waals surface area (Å²) in [6.45, 7) is 1.98. The first-order valence-corrected chi connectivity index (χ1v) is 6.16. The molecule has 0 unspecified atom stereocenters. The maximum absolute atomic E-state index is 11.5. The quantitative estimate of drug-likeness (QED) is 0.650. The summed E-state index contributed by atoms with van der Waals surface area (Å²) in [5.41, 5.74) is 1.93. The van der Waals surface area contributed by atoms with Crippen LogP contribution in [0.5, 0.6) is 0 Å². The number of amides is 1. The average molecular weight is 280 g/mol. The SMILES string of the molecule is COC(=O)CCC(=O)NC(=S)Nc1ccc(C)cc1. The molecule has 0 bridgehead atoms. The summed E-state index contributed by atoms with van der Waals surface area (Å²) in [4.78, 5) is 22.3. The summed E-state index contributed by atoms with van der Waals surface area (Å²) in [6.07, 6.45) is 0.0812. The molecule has 19 heavy (non-hydrogen) atoms. The fourth-order valence-corrected chi connectivity index (χ4v) is 1.54. The van der Waals surface area contributed by atoms with Gasteiger partial charge >= 0.3 is 5.97 Å². The van der Waals surface area contributed by atoms with Crippen molar-refractivity contribution in [2.24, 2.45) is 0 Å². The summed E-state index contributed by atoms with van der Waals surface area (Å²) in [6, 6.07) is 7.60. The van der Waals surface area contributed by atoms with Gasteiger partial charge in [0.1, 0.15) is 0 Å². The number of anilines is 1. The number of thiocarbonyl (C=S) groups is 1. The topological polar surface area (TPSA) is 67.4 Å². The van der Waals surface area contributed by atoms with Crippen molar-refractivity contribution in [2.45, 2.75) is 19.8 Å². The van der Waals surface area contributed by atoms with Crippen LogP contribution in [0.4, 0.5) is 5.69 Å². The number of aryl methyl sites for hydroxylation is 1. The zero-order chi connectivity index (χ0) is 14.3. The zero-order valence-electron chi connectivity index (χ0n) is 10.9. The smallest absolute Gasteiger partial charge is 0.306 e. The lowest BCUT2D eigenvalue weighted by Crippen LogP contribution is -2.34. The Hall–Kier alpha value is -1.95. The van der Waals surface area contributed by atoms with Crippen molar-refractivity contribution >= 4 is 34.9 Å². The normalized spacial score (nSPS) is 9.58. The second kappa shape index (κ2) is 7.48. The highest BCUT2D eigenvalue weighted by Crippen LogP contribution is 2.08. The number of methoxy groups -OCH3 is 1. The Morgan fingerprint density at radius 1 is 1.21 bits per heavy atom. The van der Waals surface area contributed by atoms with E-state index in [0.29, 0.717) is 0 Å². The second-order valence-corrected chi connectivity index (χ2v) is 4.35. The van der Waals surface area contributed by atoms with E-state index in [-0.39, 0.29) is 23.9 Å². The van der Waals surface area contributed by atoms with Crippen molar-refractivity contribution in [3.8, 4) is 0 Å². The molecule has 0 radical (unpaired) electrons. The third-order valence-electron chi connectivity index (χ3n) is 2.35. The van der Waals surface area contributed by atoms with Crippen LogP contribution in [-0.4, -0.2) is 24.1 Å². The molecule has 1 aromatic carbocycles. The van der Waals surface area contributed by atoms with Crippen LogP contribution >= 0.6 is 12.2 Å². The molecular weight excluding hydrogens is 264 g/mol. The monoisotopic (exact) mass is 280 g/mol. The van der Waals surface area contributed by atoms with Gasteiger partial charge in [-0.3, -0.25) is 9.59 Å². The molecule has 1 rings (SSSR count). The molecule has 0 aliphatic rings. The summed E-state index contributed by atoms with van der Waals surface area (Å²) in [5, 5.41) is 5.59. The maximum Gasteiger partial charge on any atom is 0.306 e. The predicted molar refractivity (Wildman–Crippen MR) is 76.8 cm³/mol. The molecule has 0 aromatic heterocycles. The number of benzene rings is 1. The Kier molecular flexibility index (Phi) is 5.95. The number of esters is 1. The first-order valence-electron chi connectivity index (χ1n) is 5.75. The van der Waals surface area contributed by atoms with E-state index in [2.05, 4.69) is 15.4 Å². The van der Waals surface area contributed by atoms with Gasteiger partial charge in [-0.05, 0) is 31.3 Å². The van der Waals surface area contributed by atoms with Crippen molar-refractivity contribution < 1.29 is 14.3 Å². The summed E-state index contributed by atoms with van der Waals surface area (Å²) >= 11 is 4.99. The van der Waals surface area contributed by atoms with Crippen LogP contribution < -0.4 is 10.6 Å². The molecule has 0 saturated heterocycles. The Morgan fingerprint density at radius 3 is 2.42 bits per heavy atom. The van der Waals surface area contributed by atoms with Crippen LogP contribution in [-0.2, 0) is 14.3 Å². The van der Waals surface area contributed by atoms with E-state index in [0.717, 1.165) is 11.3 Å². The molecular formula is C13H16N2O3S. The minimum absolute atomic E-state index is 0.0372. The number of ether oxygens (including phenoxy) is 1. The lowest BCUT2D eigenvalue weighted by molar-refractivity contribution is -0.142. The van der Waals surface area contributed by atoms with Gasteiger partial charge in [-0.1, -0.05) is 17.7 Å². The number of rotatable bonds is 4. The largest absolute Gasteiger partial charge is 0.469 e. The highest BCUT2D eigenvalue weighted by atomic mass is 32.1. The zero-order valence-corrected chi connectivity index (χ0v) is 11.7. The van der Waals surface area contributed by atoms with E-state index in [9.17, 15) is 9.59 Å². The summed E-state index contributed by atoms with van der Waals surface area (Å²) < 4.78 is 4.45. The van der Waals surface area contributed by atoms with Gasteiger partial charge in [-0.25, -0.2) is 0 Å². The van der Waals surface area contributed by atoms with Crippen molar-refractivity contribution in [1.82, 2.24) is 5.32 Å². The fourth-order valence-electron chi connectivity index (χ4n) is 1.31. The third kappa shape index (κ3) is 5.96. The minimum Gasteiger partial charge on any atom is -0.469 e. The second-order valence-electron chi connectivity index (χ2n) is 3.94. The van der Waals surface area contributed by atoms with E-state index in [1.807, 2.05) is 31.2 Å². The molecule has 0 spiro atoms. The van der Waals surface area contributed by atoms with E-state index >= 15 is 0 Å². The summed E-state index contributed by atoms with van der Waals surface area (Å²) in [7, 11) is 1.28. The van der Waals surface area contributed by atoms with Gasteiger partial charge < -0.3 is 15.4 Å². The predicted octanol–water partition coefficient (Wildman–Crippen LogP) is 1.76. The van der Waals surface area contributed by atoms with Gasteiger partial charge in [-0.15, -0.1) is 0 Å². The van der Waals surface area contributed by atoms with Gasteiger partial charge in [0.05, 0.1) is 13.5 Å². The molecule has 5 nitrogen and oxygen atoms in total. The van der Waals surface area contributed by atoms with Crippen LogP contribution in [0, 0.1) is 6.92 Å². The third-order valence-corrected chi connectivity index (χ3v) is 2.55. The molecule has 0 heterocycles. The van der Waals surface area contributed by atoms with Crippen LogP contribution in [0.15, 0.2) is 24.3 Å². The highest BCUT2D eigenvalue weighted by Gasteiger charge is 2.08. The molecule has 2 N–H and O–H groups in total. The minimum atomic E-state index is -0.424. The van der Waals surface area contributed by atoms with Gasteiger partial charge in [0, 0.05) is 12.1 Å². The Balaban J connectivity index is 2.36. The van der Waals surface area contributed by atoms with E-state index < -0.39 is 5.97 Å². The van der Waals surface area contributed by atoms with Crippen LogP contribution in [0.3, 0.4) is 0 Å². The fraction of sp³-hybridized carbons (Fsp3) is 0.308. The molecule has 1 amide bonds. The van der Waals surface area contributed by atoms with Gasteiger partial charge in [0.15, 0.2) is 5.11 Å². The first-order chi connectivity index (χ1) is 9.01. The molecule has 0 saturated carbocycles. The molecule has 0 fully saturated rings. The van der Waals surface area contributed by atoms with Crippen molar-refractivity contribution in [3.63, 3.8) is 0 Å². The van der Waals surface area contributed by atoms with Crippen molar-refractivity contribution in [1.29, 1.82) is 0 Å². The lowest BCUT2D eigenvalue weighted by atomic mass is 10.2. The lowest BCUT2D eigenvalue weighted by Gasteiger charge is -2.09. The van der Waals surface area contributed by atoms with Crippen LogP contribution in [0.1, 0.15) is 18.4 Å². The first kappa shape index (κ1) is 15.1. The van der Waals surface area contributed by atoms with Crippen molar-refractivity contribution in [3.05, 3.63) is 29.8 Å². The van der Waals surface area contributed by atoms with E-state index in [1.54, 1.807) is 0 Å². The number of carbonyl (C=O) groups is 2. The van der Waals surface area contributed by atoms with Crippen LogP contribution in [0.25, 0.3) is 0 Å². The van der Waals surface area contributed by atoms with Gasteiger partial charge in [-0.2, -0.15) is 0 Å².